The summed E-state index contributed by atoms with van der Waals surface area (Å²) >= 11 is 6.05. The maximum Gasteiger partial charge on any atom is 0.322 e. The van der Waals surface area contributed by atoms with E-state index in [1.165, 1.54) is 4.90 Å². The summed E-state index contributed by atoms with van der Waals surface area (Å²) < 4.78 is 16.4. The minimum atomic E-state index is -0.365. The SMILES string of the molecule is CC(C)CN(CC(=O)N(Cc1ccc2c(c1)OCO2)Cc1ccco1)C(=O)Nc1cccc(Cl)c1. The number of nitrogens with one attached hydrogen (secondary N) is 1. The smallest absolute Gasteiger partial charge is 0.322 e. The number of rotatable bonds is 9. The molecule has 0 saturated carbocycles. The van der Waals surface area contributed by atoms with E-state index < -0.39 is 0 Å². The Labute approximate surface area is 209 Å². The number of hydrogen-bond acceptors (Lipinski definition) is 5. The molecule has 184 valence electrons. The average molecular weight is 498 g/mol. The Bertz CT molecular complexity index is 1170. The van der Waals surface area contributed by atoms with Gasteiger partial charge >= 0.3 is 6.03 Å². The Hall–Kier alpha value is -3.65. The molecule has 3 aromatic rings. The van der Waals surface area contributed by atoms with E-state index in [0.29, 0.717) is 41.1 Å². The van der Waals surface area contributed by atoms with Gasteiger partial charge in [0.05, 0.1) is 12.8 Å². The summed E-state index contributed by atoms with van der Waals surface area (Å²) in [5.41, 5.74) is 1.45. The fourth-order valence-electron chi connectivity index (χ4n) is 3.77. The second-order valence-corrected chi connectivity index (χ2v) is 9.17. The lowest BCUT2D eigenvalue weighted by molar-refractivity contribution is -0.133. The Balaban J connectivity index is 1.50. The average Bonchev–Trinajstić information content (AvgIpc) is 3.49. The maximum atomic E-state index is 13.5. The summed E-state index contributed by atoms with van der Waals surface area (Å²) in [4.78, 5) is 29.7. The first-order valence-electron chi connectivity index (χ1n) is 11.4. The summed E-state index contributed by atoms with van der Waals surface area (Å²) in [7, 11) is 0. The maximum absolute atomic E-state index is 13.5. The van der Waals surface area contributed by atoms with Gasteiger partial charge in [0, 0.05) is 23.8 Å². The van der Waals surface area contributed by atoms with Gasteiger partial charge in [0.15, 0.2) is 11.5 Å². The van der Waals surface area contributed by atoms with Crippen LogP contribution in [-0.2, 0) is 17.9 Å². The van der Waals surface area contributed by atoms with Gasteiger partial charge in [-0.1, -0.05) is 37.6 Å². The van der Waals surface area contributed by atoms with Gasteiger partial charge in [-0.2, -0.15) is 0 Å². The van der Waals surface area contributed by atoms with E-state index in [2.05, 4.69) is 5.32 Å². The molecule has 2 aromatic carbocycles. The zero-order chi connectivity index (χ0) is 24.8. The lowest BCUT2D eigenvalue weighted by atomic mass is 10.1. The summed E-state index contributed by atoms with van der Waals surface area (Å²) in [6, 6.07) is 15.7. The Morgan fingerprint density at radius 1 is 1.00 bits per heavy atom. The molecule has 1 aliphatic rings. The van der Waals surface area contributed by atoms with E-state index in [-0.39, 0.29) is 37.7 Å². The molecule has 0 unspecified atom stereocenters. The molecule has 3 amide bonds. The highest BCUT2D eigenvalue weighted by atomic mass is 35.5. The number of anilines is 1. The van der Waals surface area contributed by atoms with Gasteiger partial charge in [-0.3, -0.25) is 4.79 Å². The van der Waals surface area contributed by atoms with Crippen LogP contribution < -0.4 is 14.8 Å². The van der Waals surface area contributed by atoms with Crippen molar-refractivity contribution in [1.29, 1.82) is 0 Å². The number of urea groups is 1. The van der Waals surface area contributed by atoms with Crippen molar-refractivity contribution in [2.45, 2.75) is 26.9 Å². The molecule has 1 N–H and O–H groups in total. The molecule has 2 heterocycles. The number of carbonyl (C=O) groups excluding carboxylic acids is 2. The topological polar surface area (TPSA) is 84.2 Å². The first-order valence-corrected chi connectivity index (χ1v) is 11.8. The molecule has 0 bridgehead atoms. The third-order valence-corrected chi connectivity index (χ3v) is 5.60. The Kier molecular flexibility index (Phi) is 7.82. The van der Waals surface area contributed by atoms with Crippen LogP contribution in [0.15, 0.2) is 65.3 Å². The van der Waals surface area contributed by atoms with Crippen LogP contribution in [0.1, 0.15) is 25.2 Å². The van der Waals surface area contributed by atoms with E-state index in [9.17, 15) is 9.59 Å². The molecule has 0 aliphatic carbocycles. The quantitative estimate of drug-likeness (QED) is 0.429. The van der Waals surface area contributed by atoms with Crippen LogP contribution in [0.4, 0.5) is 10.5 Å². The van der Waals surface area contributed by atoms with Crippen molar-refractivity contribution in [3.05, 3.63) is 77.2 Å². The third-order valence-electron chi connectivity index (χ3n) is 5.36. The number of hydrogen-bond donors (Lipinski definition) is 1. The highest BCUT2D eigenvalue weighted by Gasteiger charge is 2.24. The number of benzene rings is 2. The number of nitrogens with zero attached hydrogens (tertiary/aromatic N) is 2. The number of ether oxygens (including phenoxy) is 2. The van der Waals surface area contributed by atoms with E-state index in [1.807, 2.05) is 38.1 Å². The number of carbonyl (C=O) groups is 2. The summed E-state index contributed by atoms with van der Waals surface area (Å²) in [5.74, 6) is 1.94. The first kappa shape index (κ1) is 24.5. The molecule has 1 aliphatic heterocycles. The first-order chi connectivity index (χ1) is 16.9. The lowest BCUT2D eigenvalue weighted by Crippen LogP contribution is -2.45. The zero-order valence-electron chi connectivity index (χ0n) is 19.7. The molecule has 9 heteroatoms. The Morgan fingerprint density at radius 2 is 1.83 bits per heavy atom. The van der Waals surface area contributed by atoms with E-state index in [1.54, 1.807) is 41.5 Å². The molecule has 0 saturated heterocycles. The number of fused-ring (bicyclic) bond motifs is 1. The fraction of sp³-hybridized carbons (Fsp3) is 0.308. The molecular weight excluding hydrogens is 470 g/mol. The van der Waals surface area contributed by atoms with Crippen molar-refractivity contribution >= 4 is 29.2 Å². The number of furan rings is 1. The van der Waals surface area contributed by atoms with Crippen molar-refractivity contribution in [3.8, 4) is 11.5 Å². The minimum absolute atomic E-state index is 0.0875. The van der Waals surface area contributed by atoms with Crippen molar-refractivity contribution in [2.24, 2.45) is 5.92 Å². The second-order valence-electron chi connectivity index (χ2n) is 8.73. The number of halogens is 1. The number of amides is 3. The highest BCUT2D eigenvalue weighted by molar-refractivity contribution is 6.30. The highest BCUT2D eigenvalue weighted by Crippen LogP contribution is 2.33. The van der Waals surface area contributed by atoms with Crippen molar-refractivity contribution in [3.63, 3.8) is 0 Å². The molecule has 4 rings (SSSR count). The van der Waals surface area contributed by atoms with Gasteiger partial charge in [-0.15, -0.1) is 0 Å². The molecular formula is C26H28ClN3O5. The standard InChI is InChI=1S/C26H28ClN3O5/c1-18(2)13-30(26(32)28-21-6-3-5-20(27)12-21)16-25(31)29(15-22-7-4-10-33-22)14-19-8-9-23-24(11-19)35-17-34-23/h3-12,18H,13-17H2,1-2H3,(H,28,32). The van der Waals surface area contributed by atoms with Gasteiger partial charge in [0.1, 0.15) is 12.3 Å². The summed E-state index contributed by atoms with van der Waals surface area (Å²) in [6.45, 7) is 5.09. The van der Waals surface area contributed by atoms with E-state index >= 15 is 0 Å². The molecule has 8 nitrogen and oxygen atoms in total. The largest absolute Gasteiger partial charge is 0.467 e. The zero-order valence-corrected chi connectivity index (χ0v) is 20.5. The molecule has 0 radical (unpaired) electrons. The van der Waals surface area contributed by atoms with E-state index in [0.717, 1.165) is 5.56 Å². The van der Waals surface area contributed by atoms with E-state index in [4.69, 9.17) is 25.5 Å². The lowest BCUT2D eigenvalue weighted by Gasteiger charge is -2.28. The van der Waals surface area contributed by atoms with Crippen LogP contribution in [0.3, 0.4) is 0 Å². The van der Waals surface area contributed by atoms with Crippen LogP contribution in [-0.4, -0.2) is 41.6 Å². The molecule has 1 aromatic heterocycles. The summed E-state index contributed by atoms with van der Waals surface area (Å²) in [5, 5.41) is 3.36. The monoisotopic (exact) mass is 497 g/mol. The van der Waals surface area contributed by atoms with Crippen molar-refractivity contribution < 1.29 is 23.5 Å². The summed E-state index contributed by atoms with van der Waals surface area (Å²) in [6.07, 6.45) is 1.57. The van der Waals surface area contributed by atoms with Gasteiger partial charge in [0.2, 0.25) is 12.7 Å². The minimum Gasteiger partial charge on any atom is -0.467 e. The van der Waals surface area contributed by atoms with Crippen LogP contribution in [0, 0.1) is 5.92 Å². The molecule has 0 spiro atoms. The molecule has 0 atom stereocenters. The van der Waals surface area contributed by atoms with Crippen molar-refractivity contribution in [2.75, 3.05) is 25.2 Å². The Morgan fingerprint density at radius 3 is 2.57 bits per heavy atom. The second kappa shape index (κ2) is 11.2. The predicted octanol–water partition coefficient (Wildman–Crippen LogP) is 5.38. The van der Waals surface area contributed by atoms with Gasteiger partial charge in [0.25, 0.3) is 0 Å². The van der Waals surface area contributed by atoms with Crippen LogP contribution in [0.2, 0.25) is 5.02 Å². The molecule has 0 fully saturated rings. The van der Waals surface area contributed by atoms with Crippen molar-refractivity contribution in [1.82, 2.24) is 9.80 Å². The third kappa shape index (κ3) is 6.70. The van der Waals surface area contributed by atoms with Crippen LogP contribution in [0.25, 0.3) is 0 Å². The normalized spacial score (nSPS) is 12.0. The van der Waals surface area contributed by atoms with Gasteiger partial charge in [-0.25, -0.2) is 4.79 Å². The van der Waals surface area contributed by atoms with Crippen LogP contribution >= 0.6 is 11.6 Å². The van der Waals surface area contributed by atoms with Gasteiger partial charge in [-0.05, 0) is 53.9 Å². The fourth-order valence-corrected chi connectivity index (χ4v) is 3.96. The molecule has 35 heavy (non-hydrogen) atoms. The predicted molar refractivity (Wildman–Crippen MR) is 132 cm³/mol. The van der Waals surface area contributed by atoms with Gasteiger partial charge < -0.3 is 29.0 Å². The van der Waals surface area contributed by atoms with Crippen LogP contribution in [0.5, 0.6) is 11.5 Å².